The average Bonchev–Trinajstić information content (AvgIpc) is 3.58. The molecule has 2 amide bonds. The van der Waals surface area contributed by atoms with E-state index in [1.54, 1.807) is 6.20 Å². The van der Waals surface area contributed by atoms with Crippen LogP contribution in [0.15, 0.2) is 17.3 Å². The second-order valence-corrected chi connectivity index (χ2v) is 12.2. The fraction of sp³-hybridized carbons (Fsp3) is 0.577. The van der Waals surface area contributed by atoms with Crippen molar-refractivity contribution in [2.45, 2.75) is 69.3 Å². The van der Waals surface area contributed by atoms with E-state index >= 15 is 0 Å². The van der Waals surface area contributed by atoms with E-state index in [0.717, 1.165) is 37.1 Å². The molecule has 1 atom stereocenters. The lowest BCUT2D eigenvalue weighted by Gasteiger charge is -2.40. The van der Waals surface area contributed by atoms with Gasteiger partial charge in [-0.3, -0.25) is 14.7 Å². The van der Waals surface area contributed by atoms with Gasteiger partial charge < -0.3 is 26.2 Å². The Labute approximate surface area is 226 Å². The van der Waals surface area contributed by atoms with Gasteiger partial charge in [0.1, 0.15) is 17.1 Å². The third-order valence-electron chi connectivity index (χ3n) is 8.17. The molecule has 2 saturated heterocycles. The minimum absolute atomic E-state index is 0.000255. The maximum atomic E-state index is 13.3. The Kier molecular flexibility index (Phi) is 6.55. The van der Waals surface area contributed by atoms with E-state index in [1.807, 2.05) is 10.3 Å². The minimum Gasteiger partial charge on any atom is -0.368 e. The molecule has 5 N–H and O–H groups in total. The number of aromatic nitrogens is 4. The van der Waals surface area contributed by atoms with Gasteiger partial charge in [-0.1, -0.05) is 32.0 Å². The largest absolute Gasteiger partial charge is 0.368 e. The third kappa shape index (κ3) is 4.64. The monoisotopic (exact) mass is 537 g/mol. The number of carbonyl (C=O) groups excluding carboxylic acids is 2. The fourth-order valence-corrected chi connectivity index (χ4v) is 7.07. The number of piperidine rings is 2. The van der Waals surface area contributed by atoms with Crippen LogP contribution < -0.4 is 16.4 Å². The summed E-state index contributed by atoms with van der Waals surface area (Å²) in [5.74, 6) is -0.110. The Balaban J connectivity index is 1.08. The van der Waals surface area contributed by atoms with Crippen molar-refractivity contribution in [1.29, 1.82) is 0 Å². The maximum Gasteiger partial charge on any atom is 0.271 e. The molecule has 1 aliphatic carbocycles. The molecule has 202 valence electrons. The van der Waals surface area contributed by atoms with Crippen molar-refractivity contribution in [3.63, 3.8) is 0 Å². The molecule has 38 heavy (non-hydrogen) atoms. The van der Waals surface area contributed by atoms with Gasteiger partial charge in [0.15, 0.2) is 5.50 Å². The molecule has 1 unspecified atom stereocenters. The van der Waals surface area contributed by atoms with Crippen LogP contribution >= 0.6 is 11.8 Å². The van der Waals surface area contributed by atoms with Crippen LogP contribution in [0.5, 0.6) is 0 Å². The van der Waals surface area contributed by atoms with E-state index in [9.17, 15) is 9.59 Å². The highest BCUT2D eigenvalue weighted by Crippen LogP contribution is 2.42. The molecule has 3 aliphatic heterocycles. The van der Waals surface area contributed by atoms with Gasteiger partial charge in [-0.25, -0.2) is 9.97 Å². The number of amides is 2. The predicted molar refractivity (Wildman–Crippen MR) is 146 cm³/mol. The van der Waals surface area contributed by atoms with Crippen molar-refractivity contribution in [1.82, 2.24) is 40.6 Å². The molecule has 11 nitrogen and oxygen atoms in total. The van der Waals surface area contributed by atoms with Crippen molar-refractivity contribution in [2.24, 2.45) is 0 Å². The maximum absolute atomic E-state index is 13.3. The first-order valence-corrected chi connectivity index (χ1v) is 14.4. The van der Waals surface area contributed by atoms with Gasteiger partial charge in [-0.05, 0) is 56.2 Å². The standard InChI is InChI=1S/C26H35N9O2S/c1-26(2)12-15-13-28-24(27)30-19(15)20-18(26)21(33-32-20)22(36)31-25-29-17(14-38-25)23(37)35-10-6-16(7-11-35)34-8-4-3-5-9-34/h13-14,16,25,29H,3-12H2,1-2H3,(H,31,36)(H,32,33)(H2,27,28,30). The number of nitrogens with one attached hydrogen (secondary N) is 3. The summed E-state index contributed by atoms with van der Waals surface area (Å²) in [4.78, 5) is 39.6. The average molecular weight is 538 g/mol. The van der Waals surface area contributed by atoms with Crippen LogP contribution in [-0.2, 0) is 16.6 Å². The molecule has 0 saturated carbocycles. The number of aromatic amines is 1. The lowest BCUT2D eigenvalue weighted by Crippen LogP contribution is -2.50. The highest BCUT2D eigenvalue weighted by molar-refractivity contribution is 8.03. The number of hydrogen-bond acceptors (Lipinski definition) is 9. The van der Waals surface area contributed by atoms with Crippen LogP contribution in [0.4, 0.5) is 5.95 Å². The smallest absolute Gasteiger partial charge is 0.271 e. The first-order chi connectivity index (χ1) is 18.3. The van der Waals surface area contributed by atoms with Gasteiger partial charge in [-0.15, -0.1) is 0 Å². The molecule has 0 radical (unpaired) electrons. The van der Waals surface area contributed by atoms with Crippen LogP contribution in [0.25, 0.3) is 11.4 Å². The second kappa shape index (κ2) is 9.88. The number of nitrogens with two attached hydrogens (primary N) is 1. The van der Waals surface area contributed by atoms with Gasteiger partial charge in [0.2, 0.25) is 5.95 Å². The lowest BCUT2D eigenvalue weighted by atomic mass is 9.73. The molecule has 12 heteroatoms. The molecule has 0 bridgehead atoms. The molecule has 4 aliphatic rings. The van der Waals surface area contributed by atoms with Gasteiger partial charge in [0.25, 0.3) is 11.8 Å². The Morgan fingerprint density at radius 1 is 1.13 bits per heavy atom. The van der Waals surface area contributed by atoms with Crippen LogP contribution in [0.2, 0.25) is 0 Å². The summed E-state index contributed by atoms with van der Waals surface area (Å²) in [5, 5.41) is 15.4. The topological polar surface area (TPSA) is 145 Å². The molecule has 2 aromatic heterocycles. The Morgan fingerprint density at radius 2 is 1.89 bits per heavy atom. The molecule has 2 aromatic rings. The van der Waals surface area contributed by atoms with Crippen molar-refractivity contribution in [3.05, 3.63) is 34.1 Å². The highest BCUT2D eigenvalue weighted by atomic mass is 32.2. The number of fused-ring (bicyclic) bond motifs is 3. The van der Waals surface area contributed by atoms with Crippen molar-refractivity contribution in [3.8, 4) is 11.4 Å². The summed E-state index contributed by atoms with van der Waals surface area (Å²) in [6, 6.07) is 0.589. The number of anilines is 1. The summed E-state index contributed by atoms with van der Waals surface area (Å²) in [6.45, 7) is 8.07. The van der Waals surface area contributed by atoms with Gasteiger partial charge >= 0.3 is 0 Å². The van der Waals surface area contributed by atoms with Crippen molar-refractivity contribution >= 4 is 29.5 Å². The van der Waals surface area contributed by atoms with E-state index < -0.39 is 5.50 Å². The Bertz CT molecular complexity index is 1280. The van der Waals surface area contributed by atoms with E-state index in [2.05, 4.69) is 49.5 Å². The summed E-state index contributed by atoms with van der Waals surface area (Å²) in [6.07, 6.45) is 8.35. The van der Waals surface area contributed by atoms with Gasteiger partial charge in [0, 0.05) is 36.3 Å². The molecular weight excluding hydrogens is 502 g/mol. The second-order valence-electron chi connectivity index (χ2n) is 11.3. The molecule has 6 rings (SSSR count). The molecule has 0 aromatic carbocycles. The number of nitrogens with zero attached hydrogens (tertiary/aromatic N) is 5. The predicted octanol–water partition coefficient (Wildman–Crippen LogP) is 1.95. The van der Waals surface area contributed by atoms with E-state index in [-0.39, 0.29) is 23.2 Å². The summed E-state index contributed by atoms with van der Waals surface area (Å²) in [7, 11) is 0. The zero-order valence-corrected chi connectivity index (χ0v) is 22.7. The van der Waals surface area contributed by atoms with E-state index in [1.165, 1.54) is 44.1 Å². The zero-order valence-electron chi connectivity index (χ0n) is 21.9. The number of H-pyrrole nitrogens is 1. The molecule has 5 heterocycles. The quantitative estimate of drug-likeness (QED) is 0.460. The summed E-state index contributed by atoms with van der Waals surface area (Å²) >= 11 is 1.39. The van der Waals surface area contributed by atoms with E-state index in [4.69, 9.17) is 5.73 Å². The SMILES string of the molecule is CC1(C)Cc2cnc(N)nc2-c2n[nH]c(C(=O)NC3NC(C(=O)N4CCC(N5CCCCC5)CC4)=CS3)c21. The molecular formula is C26H35N9O2S. The van der Waals surface area contributed by atoms with Crippen LogP contribution in [0.3, 0.4) is 0 Å². The number of carbonyl (C=O) groups is 2. The molecule has 2 fully saturated rings. The first kappa shape index (κ1) is 25.2. The number of rotatable bonds is 4. The normalized spacial score (nSPS) is 23.3. The van der Waals surface area contributed by atoms with Crippen LogP contribution in [-0.4, -0.2) is 79.5 Å². The number of hydrogen-bond donors (Lipinski definition) is 4. The lowest BCUT2D eigenvalue weighted by molar-refractivity contribution is -0.129. The fourth-order valence-electron chi connectivity index (χ4n) is 6.26. The van der Waals surface area contributed by atoms with E-state index in [0.29, 0.717) is 35.2 Å². The minimum atomic E-state index is -0.441. The Morgan fingerprint density at radius 3 is 2.66 bits per heavy atom. The number of nitrogen functional groups attached to an aromatic ring is 1. The zero-order chi connectivity index (χ0) is 26.4. The number of thioether (sulfide) groups is 1. The van der Waals surface area contributed by atoms with Gasteiger partial charge in [-0.2, -0.15) is 5.10 Å². The number of likely N-dealkylation sites (tertiary alicyclic amines) is 2. The first-order valence-electron chi connectivity index (χ1n) is 13.5. The summed E-state index contributed by atoms with van der Waals surface area (Å²) < 4.78 is 0. The van der Waals surface area contributed by atoms with Crippen molar-refractivity contribution < 1.29 is 9.59 Å². The van der Waals surface area contributed by atoms with Crippen LogP contribution in [0.1, 0.15) is 67.6 Å². The third-order valence-corrected chi connectivity index (χ3v) is 9.05. The van der Waals surface area contributed by atoms with Gasteiger partial charge in [0.05, 0.1) is 5.69 Å². The highest BCUT2D eigenvalue weighted by Gasteiger charge is 2.39. The van der Waals surface area contributed by atoms with Crippen LogP contribution in [0, 0.1) is 0 Å². The molecule has 0 spiro atoms. The van der Waals surface area contributed by atoms with Crippen molar-refractivity contribution in [2.75, 3.05) is 31.9 Å². The summed E-state index contributed by atoms with van der Waals surface area (Å²) in [5.41, 5.74) is 9.02. The Hall–Kier alpha value is -3.12.